The zero-order chi connectivity index (χ0) is 30.3. The van der Waals surface area contributed by atoms with Crippen molar-refractivity contribution in [2.24, 2.45) is 5.92 Å². The van der Waals surface area contributed by atoms with Crippen LogP contribution in [0.4, 0.5) is 5.69 Å². The average Bonchev–Trinajstić information content (AvgIpc) is 3.45. The van der Waals surface area contributed by atoms with Crippen LogP contribution in [0.2, 0.25) is 5.02 Å². The number of nitrogen functional groups attached to an aromatic ring is 1. The number of nitrogens with zero attached hydrogens (tertiary/aromatic N) is 1. The van der Waals surface area contributed by atoms with E-state index in [1.807, 2.05) is 44.2 Å². The Balaban J connectivity index is 1.58. The molecule has 3 aromatic carbocycles. The number of carbonyl (C=O) groups excluding carboxylic acids is 1. The topological polar surface area (TPSA) is 131 Å². The quantitative estimate of drug-likeness (QED) is 0.246. The lowest BCUT2D eigenvalue weighted by molar-refractivity contribution is 0.0775. The van der Waals surface area contributed by atoms with Gasteiger partial charge in [0, 0.05) is 35.8 Å². The largest absolute Gasteiger partial charge is 0.488 e. The van der Waals surface area contributed by atoms with Crippen LogP contribution in [-0.4, -0.2) is 68.3 Å². The van der Waals surface area contributed by atoms with Gasteiger partial charge in [-0.15, -0.1) is 0 Å². The Morgan fingerprint density at radius 2 is 1.83 bits per heavy atom. The van der Waals surface area contributed by atoms with E-state index < -0.39 is 28.1 Å². The number of anilines is 1. The van der Waals surface area contributed by atoms with Gasteiger partial charge in [-0.3, -0.25) is 4.79 Å². The third-order valence-corrected chi connectivity index (χ3v) is 8.94. The summed E-state index contributed by atoms with van der Waals surface area (Å²) in [5.74, 6) is -0.0408. The Bertz CT molecular complexity index is 1430. The van der Waals surface area contributed by atoms with E-state index in [1.165, 1.54) is 34.6 Å². The van der Waals surface area contributed by atoms with Gasteiger partial charge in [0.1, 0.15) is 11.9 Å². The van der Waals surface area contributed by atoms with Crippen LogP contribution in [-0.2, 0) is 21.2 Å². The predicted octanol–water partition coefficient (Wildman–Crippen LogP) is 4.14. The summed E-state index contributed by atoms with van der Waals surface area (Å²) in [6.45, 7) is 4.82. The first-order valence-corrected chi connectivity index (χ1v) is 15.8. The molecule has 4 rings (SSSR count). The molecule has 0 radical (unpaired) electrons. The lowest BCUT2D eigenvalue weighted by atomic mass is 10.00. The summed E-state index contributed by atoms with van der Waals surface area (Å²) in [7, 11) is -3.96. The molecule has 1 aliphatic rings. The zero-order valence-electron chi connectivity index (χ0n) is 23.8. The Labute approximate surface area is 252 Å². The van der Waals surface area contributed by atoms with E-state index in [0.717, 1.165) is 12.0 Å². The minimum Gasteiger partial charge on any atom is -0.488 e. The molecule has 3 atom stereocenters. The number of carbonyl (C=O) groups is 1. The maximum absolute atomic E-state index is 13.6. The number of hydrogen-bond acceptors (Lipinski definition) is 7. The molecule has 0 bridgehead atoms. The Kier molecular flexibility index (Phi) is 10.9. The van der Waals surface area contributed by atoms with Gasteiger partial charge >= 0.3 is 0 Å². The molecule has 4 N–H and O–H groups in total. The number of ether oxygens (including phenoxy) is 2. The second kappa shape index (κ2) is 14.3. The molecule has 9 nitrogen and oxygen atoms in total. The summed E-state index contributed by atoms with van der Waals surface area (Å²) in [4.78, 5) is 13.6. The summed E-state index contributed by atoms with van der Waals surface area (Å²) in [6, 6.07) is 19.3. The molecule has 1 amide bonds. The fraction of sp³-hybridized carbons (Fsp3) is 0.387. The second-order valence-corrected chi connectivity index (χ2v) is 13.3. The van der Waals surface area contributed by atoms with Crippen LogP contribution in [0.5, 0.6) is 5.75 Å². The fourth-order valence-electron chi connectivity index (χ4n) is 4.77. The number of amides is 1. The van der Waals surface area contributed by atoms with Gasteiger partial charge in [-0.25, -0.2) is 8.42 Å². The van der Waals surface area contributed by atoms with Crippen molar-refractivity contribution in [3.63, 3.8) is 0 Å². The molecule has 3 unspecified atom stereocenters. The van der Waals surface area contributed by atoms with Crippen LogP contribution < -0.4 is 15.8 Å². The number of nitrogens with one attached hydrogen (secondary N) is 1. The number of aliphatic hydroxyl groups excluding tert-OH is 1. The predicted molar refractivity (Wildman–Crippen MR) is 163 cm³/mol. The van der Waals surface area contributed by atoms with Crippen LogP contribution in [0.3, 0.4) is 0 Å². The number of sulfonamides is 1. The molecule has 0 aromatic heterocycles. The van der Waals surface area contributed by atoms with Gasteiger partial charge in [0.2, 0.25) is 10.0 Å². The molecule has 1 saturated heterocycles. The van der Waals surface area contributed by atoms with Crippen molar-refractivity contribution in [2.45, 2.75) is 49.8 Å². The van der Waals surface area contributed by atoms with Gasteiger partial charge in [-0.05, 0) is 60.4 Å². The van der Waals surface area contributed by atoms with Crippen LogP contribution in [0.25, 0.3) is 0 Å². The molecule has 0 spiro atoms. The second-order valence-electron chi connectivity index (χ2n) is 10.9. The van der Waals surface area contributed by atoms with Crippen molar-refractivity contribution < 1.29 is 27.8 Å². The van der Waals surface area contributed by atoms with E-state index in [-0.39, 0.29) is 42.0 Å². The summed E-state index contributed by atoms with van der Waals surface area (Å²) >= 11 is 6.32. The first-order valence-electron chi connectivity index (χ1n) is 13.9. The van der Waals surface area contributed by atoms with Crippen molar-refractivity contribution in [3.05, 3.63) is 88.9 Å². The van der Waals surface area contributed by atoms with Crippen molar-refractivity contribution in [2.75, 3.05) is 32.0 Å². The highest BCUT2D eigenvalue weighted by molar-refractivity contribution is 7.89. The molecule has 42 heavy (non-hydrogen) atoms. The molecule has 11 heteroatoms. The molecule has 0 saturated carbocycles. The number of benzene rings is 3. The highest BCUT2D eigenvalue weighted by Gasteiger charge is 2.31. The molecular weight excluding hydrogens is 578 g/mol. The van der Waals surface area contributed by atoms with Crippen LogP contribution in [0.1, 0.15) is 36.2 Å². The summed E-state index contributed by atoms with van der Waals surface area (Å²) < 4.78 is 39.8. The highest BCUT2D eigenvalue weighted by Crippen LogP contribution is 2.25. The summed E-state index contributed by atoms with van der Waals surface area (Å²) in [5.41, 5.74) is 7.34. The van der Waals surface area contributed by atoms with Crippen molar-refractivity contribution in [3.8, 4) is 5.75 Å². The minimum absolute atomic E-state index is 0.0157. The number of aliphatic hydroxyl groups is 1. The number of hydrogen-bond donors (Lipinski definition) is 3. The third kappa shape index (κ3) is 8.68. The third-order valence-electron chi connectivity index (χ3n) is 6.88. The highest BCUT2D eigenvalue weighted by atomic mass is 35.5. The van der Waals surface area contributed by atoms with Gasteiger partial charge in [-0.2, -0.15) is 4.31 Å². The first kappa shape index (κ1) is 31.8. The molecule has 1 heterocycles. The maximum atomic E-state index is 13.6. The number of halogens is 1. The molecule has 226 valence electrons. The van der Waals surface area contributed by atoms with E-state index in [1.54, 1.807) is 12.1 Å². The normalized spacial score (nSPS) is 16.9. The first-order chi connectivity index (χ1) is 20.0. The summed E-state index contributed by atoms with van der Waals surface area (Å²) in [6.07, 6.45) is -0.343. The average molecular weight is 616 g/mol. The van der Waals surface area contributed by atoms with Crippen molar-refractivity contribution in [1.29, 1.82) is 0 Å². The van der Waals surface area contributed by atoms with Gasteiger partial charge in [0.05, 0.1) is 30.3 Å². The van der Waals surface area contributed by atoms with Crippen molar-refractivity contribution in [1.82, 2.24) is 9.62 Å². The molecule has 1 aliphatic heterocycles. The van der Waals surface area contributed by atoms with E-state index in [4.69, 9.17) is 26.8 Å². The van der Waals surface area contributed by atoms with Crippen LogP contribution in [0.15, 0.2) is 77.7 Å². The monoisotopic (exact) mass is 615 g/mol. The maximum Gasteiger partial charge on any atom is 0.251 e. The van der Waals surface area contributed by atoms with Crippen LogP contribution in [0, 0.1) is 5.92 Å². The summed E-state index contributed by atoms with van der Waals surface area (Å²) in [5, 5.41) is 14.7. The lowest BCUT2D eigenvalue weighted by Crippen LogP contribution is -2.51. The van der Waals surface area contributed by atoms with Gasteiger partial charge < -0.3 is 25.6 Å². The molecule has 1 fully saturated rings. The van der Waals surface area contributed by atoms with Gasteiger partial charge in [-0.1, -0.05) is 55.8 Å². The fourth-order valence-corrected chi connectivity index (χ4v) is 6.61. The van der Waals surface area contributed by atoms with Gasteiger partial charge in [0.15, 0.2) is 0 Å². The minimum atomic E-state index is -3.96. The molecular formula is C31H38ClN3O6S. The molecule has 3 aromatic rings. The van der Waals surface area contributed by atoms with E-state index in [9.17, 15) is 18.3 Å². The Morgan fingerprint density at radius 1 is 1.12 bits per heavy atom. The SMILES string of the molecule is CC(C)CN(CC(O)C(Cc1ccccc1)NC(=O)c1cc(Cl)cc(OC2CCOC2)c1)S(=O)(=O)c1ccc(N)cc1. The number of nitrogens with two attached hydrogens (primary N) is 1. The Morgan fingerprint density at radius 3 is 2.48 bits per heavy atom. The standard InChI is InChI=1S/C31H38ClN3O6S/c1-21(2)18-35(42(38,39)28-10-8-25(33)9-11-28)19-30(36)29(14-22-6-4-3-5-7-22)34-31(37)23-15-24(32)17-27(16-23)41-26-12-13-40-20-26/h3-11,15-17,21,26,29-30,36H,12-14,18-20,33H2,1-2H3,(H,34,37). The number of rotatable bonds is 13. The zero-order valence-corrected chi connectivity index (χ0v) is 25.4. The van der Waals surface area contributed by atoms with Crippen molar-refractivity contribution >= 4 is 33.2 Å². The Hall–Kier alpha value is -3.15. The lowest BCUT2D eigenvalue weighted by Gasteiger charge is -2.31. The molecule has 0 aliphatic carbocycles. The van der Waals surface area contributed by atoms with Gasteiger partial charge in [0.25, 0.3) is 5.91 Å². The smallest absolute Gasteiger partial charge is 0.251 e. The van der Waals surface area contributed by atoms with E-state index in [2.05, 4.69) is 5.32 Å². The van der Waals surface area contributed by atoms with E-state index in [0.29, 0.717) is 29.7 Å². The van der Waals surface area contributed by atoms with Crippen LogP contribution >= 0.6 is 11.6 Å². The van der Waals surface area contributed by atoms with E-state index >= 15 is 0 Å².